The molecule has 168 valence electrons. The van der Waals surface area contributed by atoms with E-state index in [-0.39, 0.29) is 10.8 Å². The first-order valence-electron chi connectivity index (χ1n) is 10.6. The standard InChI is InChI=1S/C24H30N6S2/c1-23(2,3)18-17(25-7)20(32-29-18)27-28-21-19(24(4,5)6)26-22(31-21)30(8)15-14-16-12-10-9-11-13-16/h9-13H,14-15H2,1-6,8H3. The van der Waals surface area contributed by atoms with Gasteiger partial charge in [0.15, 0.2) is 15.1 Å². The molecule has 0 N–H and O–H groups in total. The second kappa shape index (κ2) is 9.47. The molecule has 0 aliphatic rings. The van der Waals surface area contributed by atoms with Crippen LogP contribution in [0.3, 0.4) is 0 Å². The molecule has 0 radical (unpaired) electrons. The zero-order valence-corrected chi connectivity index (χ0v) is 21.4. The third-order valence-corrected chi connectivity index (χ3v) is 6.69. The summed E-state index contributed by atoms with van der Waals surface area (Å²) in [6, 6.07) is 10.5. The number of aromatic nitrogens is 2. The SMILES string of the molecule is [C-]#[N+]c1c(C(C)(C)C)nsc1N=Nc1sc(N(C)CCc2ccccc2)nc1C(C)(C)C. The molecule has 3 aromatic rings. The highest BCUT2D eigenvalue weighted by molar-refractivity contribution is 7.19. The molecular weight excluding hydrogens is 436 g/mol. The molecule has 2 aromatic heterocycles. The van der Waals surface area contributed by atoms with Gasteiger partial charge in [0.1, 0.15) is 0 Å². The molecule has 0 spiro atoms. The van der Waals surface area contributed by atoms with Crippen molar-refractivity contribution in [3.05, 3.63) is 58.7 Å². The van der Waals surface area contributed by atoms with Gasteiger partial charge in [0.2, 0.25) is 5.69 Å². The summed E-state index contributed by atoms with van der Waals surface area (Å²) in [5.41, 5.74) is 3.10. The maximum Gasteiger partial charge on any atom is 0.248 e. The Morgan fingerprint density at radius 1 is 0.969 bits per heavy atom. The summed E-state index contributed by atoms with van der Waals surface area (Å²) in [5, 5.41) is 11.2. The number of hydrogen-bond acceptors (Lipinski definition) is 7. The van der Waals surface area contributed by atoms with E-state index in [9.17, 15) is 0 Å². The minimum atomic E-state index is -0.208. The van der Waals surface area contributed by atoms with Crippen molar-refractivity contribution in [2.24, 2.45) is 10.2 Å². The molecular formula is C24H30N6S2. The average molecular weight is 467 g/mol. The van der Waals surface area contributed by atoms with Crippen molar-refractivity contribution in [2.45, 2.75) is 58.8 Å². The van der Waals surface area contributed by atoms with Crippen LogP contribution in [0, 0.1) is 6.57 Å². The highest BCUT2D eigenvalue weighted by Gasteiger charge is 2.27. The molecule has 0 saturated carbocycles. The van der Waals surface area contributed by atoms with Crippen LogP contribution in [0.5, 0.6) is 0 Å². The Morgan fingerprint density at radius 3 is 2.19 bits per heavy atom. The lowest BCUT2D eigenvalue weighted by Gasteiger charge is -2.17. The molecule has 2 heterocycles. The monoisotopic (exact) mass is 466 g/mol. The lowest BCUT2D eigenvalue weighted by molar-refractivity contribution is 0.573. The van der Waals surface area contributed by atoms with E-state index >= 15 is 0 Å². The zero-order chi connectivity index (χ0) is 23.5. The van der Waals surface area contributed by atoms with E-state index in [4.69, 9.17) is 11.6 Å². The largest absolute Gasteiger partial charge is 0.351 e. The van der Waals surface area contributed by atoms with Crippen molar-refractivity contribution in [2.75, 3.05) is 18.5 Å². The molecule has 0 aliphatic heterocycles. The second-order valence-electron chi connectivity index (χ2n) is 9.80. The van der Waals surface area contributed by atoms with E-state index in [1.54, 1.807) is 0 Å². The first-order valence-corrected chi connectivity index (χ1v) is 12.2. The van der Waals surface area contributed by atoms with Gasteiger partial charge in [0.25, 0.3) is 0 Å². The normalized spacial score (nSPS) is 12.3. The first kappa shape index (κ1) is 24.0. The van der Waals surface area contributed by atoms with Crippen LogP contribution in [0.2, 0.25) is 0 Å². The Morgan fingerprint density at radius 2 is 1.59 bits per heavy atom. The number of thiazole rings is 1. The minimum absolute atomic E-state index is 0.170. The highest BCUT2D eigenvalue weighted by Crippen LogP contribution is 2.44. The Bertz CT molecular complexity index is 1120. The molecule has 3 rings (SSSR count). The van der Waals surface area contributed by atoms with E-state index in [0.717, 1.165) is 34.5 Å². The van der Waals surface area contributed by atoms with Crippen LogP contribution < -0.4 is 4.90 Å². The molecule has 0 unspecified atom stereocenters. The quantitative estimate of drug-likeness (QED) is 0.275. The van der Waals surface area contributed by atoms with Crippen molar-refractivity contribution >= 4 is 43.7 Å². The van der Waals surface area contributed by atoms with Gasteiger partial charge in [0, 0.05) is 19.0 Å². The van der Waals surface area contributed by atoms with E-state index < -0.39 is 0 Å². The lowest BCUT2D eigenvalue weighted by atomic mass is 9.91. The van der Waals surface area contributed by atoms with Crippen LogP contribution in [0.1, 0.15) is 58.5 Å². The van der Waals surface area contributed by atoms with Crippen LogP contribution in [-0.2, 0) is 17.3 Å². The van der Waals surface area contributed by atoms with Gasteiger partial charge in [-0.2, -0.15) is 0 Å². The summed E-state index contributed by atoms with van der Waals surface area (Å²) in [7, 11) is 2.06. The van der Waals surface area contributed by atoms with Gasteiger partial charge in [-0.15, -0.1) is 10.2 Å². The molecule has 0 bridgehead atoms. The van der Waals surface area contributed by atoms with Crippen LogP contribution in [0.4, 0.5) is 20.8 Å². The second-order valence-corrected chi connectivity index (χ2v) is 11.5. The van der Waals surface area contributed by atoms with Gasteiger partial charge in [-0.1, -0.05) is 83.2 Å². The molecule has 0 atom stereocenters. The van der Waals surface area contributed by atoms with Gasteiger partial charge in [-0.05, 0) is 28.9 Å². The minimum Gasteiger partial charge on any atom is -0.351 e. The fraction of sp³-hybridized carbons (Fsp3) is 0.458. The van der Waals surface area contributed by atoms with Crippen molar-refractivity contribution in [3.63, 3.8) is 0 Å². The fourth-order valence-electron chi connectivity index (χ4n) is 3.08. The lowest BCUT2D eigenvalue weighted by Crippen LogP contribution is -2.20. The van der Waals surface area contributed by atoms with E-state index in [0.29, 0.717) is 10.7 Å². The number of likely N-dealkylation sites (N-methyl/N-ethyl adjacent to an activating group) is 1. The summed E-state index contributed by atoms with van der Waals surface area (Å²) in [6.45, 7) is 21.0. The number of anilines is 1. The topological polar surface area (TPSA) is 58.1 Å². The van der Waals surface area contributed by atoms with Gasteiger partial charge >= 0.3 is 0 Å². The molecule has 0 fully saturated rings. The van der Waals surface area contributed by atoms with Crippen LogP contribution in [0.25, 0.3) is 4.85 Å². The van der Waals surface area contributed by atoms with Crippen molar-refractivity contribution in [1.29, 1.82) is 0 Å². The van der Waals surface area contributed by atoms with E-state index in [2.05, 4.69) is 97.2 Å². The van der Waals surface area contributed by atoms with E-state index in [1.807, 2.05) is 6.07 Å². The van der Waals surface area contributed by atoms with Gasteiger partial charge in [-0.3, -0.25) is 0 Å². The number of hydrogen-bond donors (Lipinski definition) is 0. The highest BCUT2D eigenvalue weighted by atomic mass is 32.1. The van der Waals surface area contributed by atoms with Crippen molar-refractivity contribution < 1.29 is 0 Å². The van der Waals surface area contributed by atoms with Gasteiger partial charge < -0.3 is 4.90 Å². The zero-order valence-electron chi connectivity index (χ0n) is 19.8. The Labute approximate surface area is 199 Å². The average Bonchev–Trinajstić information content (AvgIpc) is 3.35. The summed E-state index contributed by atoms with van der Waals surface area (Å²) in [5.74, 6) is 0. The Hall–Kier alpha value is -2.63. The Kier molecular flexibility index (Phi) is 7.11. The predicted molar refractivity (Wildman–Crippen MR) is 135 cm³/mol. The maximum absolute atomic E-state index is 7.60. The fourth-order valence-corrected chi connectivity index (χ4v) is 5.02. The Balaban J connectivity index is 1.88. The number of nitrogens with zero attached hydrogens (tertiary/aromatic N) is 6. The number of rotatable bonds is 6. The molecule has 1 aromatic carbocycles. The molecule has 0 saturated heterocycles. The molecule has 8 heteroatoms. The number of benzene rings is 1. The summed E-state index contributed by atoms with van der Waals surface area (Å²) in [6.07, 6.45) is 0.948. The third kappa shape index (κ3) is 5.59. The first-order chi connectivity index (χ1) is 15.0. The number of azo groups is 1. The summed E-state index contributed by atoms with van der Waals surface area (Å²) < 4.78 is 4.48. The molecule has 0 aliphatic carbocycles. The molecule has 0 amide bonds. The molecule has 6 nitrogen and oxygen atoms in total. The van der Waals surface area contributed by atoms with Gasteiger partial charge in [-0.25, -0.2) is 14.2 Å². The van der Waals surface area contributed by atoms with E-state index in [1.165, 1.54) is 28.4 Å². The summed E-state index contributed by atoms with van der Waals surface area (Å²) in [4.78, 5) is 10.8. The molecule has 32 heavy (non-hydrogen) atoms. The summed E-state index contributed by atoms with van der Waals surface area (Å²) >= 11 is 2.76. The third-order valence-electron chi connectivity index (χ3n) is 4.92. The van der Waals surface area contributed by atoms with Crippen LogP contribution in [0.15, 0.2) is 40.6 Å². The van der Waals surface area contributed by atoms with Crippen LogP contribution in [-0.4, -0.2) is 22.9 Å². The van der Waals surface area contributed by atoms with Crippen molar-refractivity contribution in [1.82, 2.24) is 9.36 Å². The maximum atomic E-state index is 7.60. The smallest absolute Gasteiger partial charge is 0.248 e. The van der Waals surface area contributed by atoms with Gasteiger partial charge in [0.05, 0.1) is 18.0 Å². The predicted octanol–water partition coefficient (Wildman–Crippen LogP) is 7.84. The van der Waals surface area contributed by atoms with Crippen molar-refractivity contribution in [3.8, 4) is 0 Å². The van der Waals surface area contributed by atoms with Crippen LogP contribution >= 0.6 is 22.9 Å².